The zero-order valence-electron chi connectivity index (χ0n) is 8.32. The largest absolute Gasteiger partial charge is 0.294 e. The van der Waals surface area contributed by atoms with Crippen molar-refractivity contribution in [3.63, 3.8) is 0 Å². The molecule has 17 heavy (non-hydrogen) atoms. The van der Waals surface area contributed by atoms with Crippen molar-refractivity contribution in [1.82, 2.24) is 0 Å². The smallest absolute Gasteiger partial charge is 0.275 e. The summed E-state index contributed by atoms with van der Waals surface area (Å²) in [6.45, 7) is 0. The van der Waals surface area contributed by atoms with Gasteiger partial charge in [0.2, 0.25) is 0 Å². The highest BCUT2D eigenvalue weighted by molar-refractivity contribution is 8.20. The van der Waals surface area contributed by atoms with Crippen molar-refractivity contribution in [3.8, 4) is 0 Å². The molecule has 88 valence electrons. The summed E-state index contributed by atoms with van der Waals surface area (Å²) >= 11 is 1.99. The number of sulfone groups is 1. The fourth-order valence-corrected chi connectivity index (χ4v) is 4.03. The second-order valence-corrected chi connectivity index (χ2v) is 6.68. The first-order valence-corrected chi connectivity index (χ1v) is 7.68. The van der Waals surface area contributed by atoms with E-state index in [9.17, 15) is 18.0 Å². The standard InChI is InChI=1S/C10H6O4S3/c11-9(7-3-1-5-15-7)17(13,14)10(12)8-4-2-6-16-8/h1-6H. The van der Waals surface area contributed by atoms with Gasteiger partial charge in [-0.05, 0) is 22.9 Å². The molecule has 0 saturated heterocycles. The molecule has 0 saturated carbocycles. The molecule has 4 nitrogen and oxygen atoms in total. The van der Waals surface area contributed by atoms with Crippen LogP contribution in [0.3, 0.4) is 0 Å². The van der Waals surface area contributed by atoms with Gasteiger partial charge in [-0.2, -0.15) is 0 Å². The summed E-state index contributed by atoms with van der Waals surface area (Å²) in [4.78, 5) is 23.4. The molecule has 7 heteroatoms. The van der Waals surface area contributed by atoms with E-state index in [1.54, 1.807) is 22.9 Å². The molecule has 2 aromatic heterocycles. The maximum Gasteiger partial charge on any atom is 0.294 e. The number of hydrogen-bond donors (Lipinski definition) is 0. The normalized spacial score (nSPS) is 11.3. The fraction of sp³-hybridized carbons (Fsp3) is 0. The van der Waals surface area contributed by atoms with Crippen LogP contribution in [0.25, 0.3) is 0 Å². The van der Waals surface area contributed by atoms with Crippen LogP contribution in [0.4, 0.5) is 0 Å². The summed E-state index contributed by atoms with van der Waals surface area (Å²) in [5, 5.41) is 0.897. The van der Waals surface area contributed by atoms with Crippen molar-refractivity contribution < 1.29 is 18.0 Å². The van der Waals surface area contributed by atoms with E-state index in [-0.39, 0.29) is 9.75 Å². The van der Waals surface area contributed by atoms with Crippen molar-refractivity contribution in [2.24, 2.45) is 0 Å². The van der Waals surface area contributed by atoms with Gasteiger partial charge in [-0.3, -0.25) is 9.59 Å². The summed E-state index contributed by atoms with van der Waals surface area (Å²) in [6, 6.07) is 5.88. The second-order valence-electron chi connectivity index (χ2n) is 3.03. The molecule has 0 aliphatic rings. The Bertz CT molecular complexity index is 584. The lowest BCUT2D eigenvalue weighted by molar-refractivity contribution is 0.104. The maximum absolute atomic E-state index is 11.7. The van der Waals surface area contributed by atoms with Crippen molar-refractivity contribution in [2.75, 3.05) is 0 Å². The Kier molecular flexibility index (Phi) is 3.23. The first-order chi connectivity index (χ1) is 8.03. The second kappa shape index (κ2) is 4.52. The van der Waals surface area contributed by atoms with Crippen LogP contribution in [0.5, 0.6) is 0 Å². The van der Waals surface area contributed by atoms with E-state index in [1.807, 2.05) is 0 Å². The highest BCUT2D eigenvalue weighted by Gasteiger charge is 2.34. The number of thiophene rings is 2. The molecule has 0 bridgehead atoms. The quantitative estimate of drug-likeness (QED) is 0.848. The average molecular weight is 286 g/mol. The van der Waals surface area contributed by atoms with E-state index < -0.39 is 20.1 Å². The van der Waals surface area contributed by atoms with Crippen molar-refractivity contribution >= 4 is 42.7 Å². The molecular weight excluding hydrogens is 280 g/mol. The first kappa shape index (κ1) is 12.2. The van der Waals surface area contributed by atoms with Gasteiger partial charge in [0.05, 0.1) is 9.75 Å². The van der Waals surface area contributed by atoms with E-state index >= 15 is 0 Å². The maximum atomic E-state index is 11.7. The van der Waals surface area contributed by atoms with Gasteiger partial charge < -0.3 is 0 Å². The van der Waals surface area contributed by atoms with Gasteiger partial charge >= 0.3 is 0 Å². The van der Waals surface area contributed by atoms with Crippen LogP contribution in [-0.4, -0.2) is 18.6 Å². The van der Waals surface area contributed by atoms with Gasteiger partial charge in [-0.1, -0.05) is 12.1 Å². The molecule has 0 aliphatic heterocycles. The monoisotopic (exact) mass is 286 g/mol. The number of rotatable bonds is 2. The van der Waals surface area contributed by atoms with Gasteiger partial charge in [-0.15, -0.1) is 22.7 Å². The van der Waals surface area contributed by atoms with Crippen molar-refractivity contribution in [2.45, 2.75) is 0 Å². The Balaban J connectivity index is 2.38. The highest BCUT2D eigenvalue weighted by Crippen LogP contribution is 2.19. The van der Waals surface area contributed by atoms with Crippen LogP contribution < -0.4 is 0 Å². The lowest BCUT2D eigenvalue weighted by Crippen LogP contribution is -2.22. The molecule has 0 aromatic carbocycles. The number of hydrogen-bond acceptors (Lipinski definition) is 6. The third-order valence-electron chi connectivity index (χ3n) is 1.93. The Morgan fingerprint density at radius 1 is 0.882 bits per heavy atom. The zero-order valence-corrected chi connectivity index (χ0v) is 10.8. The van der Waals surface area contributed by atoms with E-state index in [1.165, 1.54) is 12.1 Å². The van der Waals surface area contributed by atoms with Crippen LogP contribution in [-0.2, 0) is 9.84 Å². The molecule has 0 N–H and O–H groups in total. The van der Waals surface area contributed by atoms with Gasteiger partial charge in [0.1, 0.15) is 0 Å². The zero-order chi connectivity index (χ0) is 12.5. The number of carbonyl (C=O) groups is 2. The summed E-state index contributed by atoms with van der Waals surface area (Å²) in [7, 11) is -4.44. The lowest BCUT2D eigenvalue weighted by Gasteiger charge is -1.98. The Labute approximate surface area is 105 Å². The van der Waals surface area contributed by atoms with Gasteiger partial charge in [0.25, 0.3) is 20.1 Å². The molecule has 0 spiro atoms. The topological polar surface area (TPSA) is 68.3 Å². The van der Waals surface area contributed by atoms with Gasteiger partial charge in [-0.25, -0.2) is 8.42 Å². The predicted molar refractivity (Wildman–Crippen MR) is 66.2 cm³/mol. The summed E-state index contributed by atoms with van der Waals surface area (Å²) in [5.74, 6) is 0. The fourth-order valence-electron chi connectivity index (χ4n) is 1.14. The molecule has 0 unspecified atom stereocenters. The molecule has 0 radical (unpaired) electrons. The van der Waals surface area contributed by atoms with Crippen LogP contribution >= 0.6 is 22.7 Å². The molecule has 0 amide bonds. The third kappa shape index (κ3) is 2.21. The van der Waals surface area contributed by atoms with Crippen molar-refractivity contribution in [1.29, 1.82) is 0 Å². The van der Waals surface area contributed by atoms with Crippen LogP contribution in [0, 0.1) is 0 Å². The Morgan fingerprint density at radius 3 is 1.59 bits per heavy atom. The summed E-state index contributed by atoms with van der Waals surface area (Å²) in [5.41, 5.74) is 0. The summed E-state index contributed by atoms with van der Waals surface area (Å²) in [6.07, 6.45) is 0. The molecule has 2 aromatic rings. The van der Waals surface area contributed by atoms with Crippen molar-refractivity contribution in [3.05, 3.63) is 44.8 Å². The minimum absolute atomic E-state index is 0.0508. The highest BCUT2D eigenvalue weighted by atomic mass is 32.2. The Hall–Kier alpha value is -1.31. The predicted octanol–water partition coefficient (Wildman–Crippen LogP) is 2.21. The Morgan fingerprint density at radius 2 is 1.29 bits per heavy atom. The van der Waals surface area contributed by atoms with Crippen LogP contribution in [0.2, 0.25) is 0 Å². The van der Waals surface area contributed by atoms with E-state index in [2.05, 4.69) is 0 Å². The minimum Gasteiger partial charge on any atom is -0.275 e. The van der Waals surface area contributed by atoms with Gasteiger partial charge in [0.15, 0.2) is 0 Å². The van der Waals surface area contributed by atoms with E-state index in [0.717, 1.165) is 22.7 Å². The SMILES string of the molecule is O=C(c1cccs1)S(=O)(=O)C(=O)c1cccs1. The molecule has 0 aliphatic carbocycles. The molecular formula is C10H6O4S3. The lowest BCUT2D eigenvalue weighted by atomic mass is 10.5. The van der Waals surface area contributed by atoms with Crippen LogP contribution in [0.1, 0.15) is 19.3 Å². The summed E-state index contributed by atoms with van der Waals surface area (Å²) < 4.78 is 23.5. The average Bonchev–Trinajstić information content (AvgIpc) is 2.99. The van der Waals surface area contributed by atoms with E-state index in [4.69, 9.17) is 0 Å². The van der Waals surface area contributed by atoms with Gasteiger partial charge in [0, 0.05) is 0 Å². The molecule has 0 fully saturated rings. The number of carbonyl (C=O) groups excluding carboxylic acids is 2. The van der Waals surface area contributed by atoms with E-state index in [0.29, 0.717) is 0 Å². The minimum atomic E-state index is -4.44. The first-order valence-electron chi connectivity index (χ1n) is 4.44. The van der Waals surface area contributed by atoms with Crippen LogP contribution in [0.15, 0.2) is 35.0 Å². The third-order valence-corrected chi connectivity index (χ3v) is 5.34. The molecule has 0 atom stereocenters. The molecule has 2 rings (SSSR count). The molecule has 2 heterocycles.